The van der Waals surface area contributed by atoms with Crippen molar-refractivity contribution in [2.24, 2.45) is 0 Å². The van der Waals surface area contributed by atoms with Gasteiger partial charge in [-0.2, -0.15) is 39.5 Å². The minimum absolute atomic E-state index is 0.336. The van der Waals surface area contributed by atoms with Crippen LogP contribution in [0.4, 0.5) is 39.5 Å². The van der Waals surface area contributed by atoms with E-state index in [0.717, 1.165) is 12.1 Å². The van der Waals surface area contributed by atoms with Gasteiger partial charge in [-0.25, -0.2) is 4.98 Å². The summed E-state index contributed by atoms with van der Waals surface area (Å²) in [6.45, 7) is 0. The molecular formula is C14H6F9N. The molecule has 0 atom stereocenters. The summed E-state index contributed by atoms with van der Waals surface area (Å²) in [6.07, 6.45) is -15.0. The van der Waals surface area contributed by atoms with Gasteiger partial charge < -0.3 is 0 Å². The molecule has 0 spiro atoms. The second kappa shape index (κ2) is 5.67. The van der Waals surface area contributed by atoms with Crippen LogP contribution in [0.15, 0.2) is 36.4 Å². The molecule has 0 aliphatic heterocycles. The molecular weight excluding hydrogens is 353 g/mol. The average Bonchev–Trinajstić information content (AvgIpc) is 2.44. The third-order valence-corrected chi connectivity index (χ3v) is 2.98. The predicted octanol–water partition coefficient (Wildman–Crippen LogP) is 5.81. The first-order valence-electron chi connectivity index (χ1n) is 6.13. The fraction of sp³-hybridized carbons (Fsp3) is 0.214. The topological polar surface area (TPSA) is 12.9 Å². The number of alkyl halides is 9. The highest BCUT2D eigenvalue weighted by Crippen LogP contribution is 2.39. The van der Waals surface area contributed by atoms with Gasteiger partial charge >= 0.3 is 18.5 Å². The maximum atomic E-state index is 13.0. The van der Waals surface area contributed by atoms with Gasteiger partial charge in [0.1, 0.15) is 5.69 Å². The van der Waals surface area contributed by atoms with Gasteiger partial charge in [0.15, 0.2) is 5.69 Å². The Balaban J connectivity index is 2.58. The van der Waals surface area contributed by atoms with Gasteiger partial charge in [0.25, 0.3) is 0 Å². The van der Waals surface area contributed by atoms with Gasteiger partial charge in [-0.1, -0.05) is 18.2 Å². The summed E-state index contributed by atoms with van der Waals surface area (Å²) in [7, 11) is 0. The van der Waals surface area contributed by atoms with E-state index in [-0.39, 0.29) is 5.56 Å². The minimum Gasteiger partial charge on any atom is -0.238 e. The van der Waals surface area contributed by atoms with Gasteiger partial charge in [-0.3, -0.25) is 0 Å². The quantitative estimate of drug-likeness (QED) is 0.586. The molecule has 0 fully saturated rings. The molecule has 2 rings (SSSR count). The maximum absolute atomic E-state index is 13.0. The van der Waals surface area contributed by atoms with Crippen LogP contribution in [0.25, 0.3) is 11.1 Å². The van der Waals surface area contributed by atoms with Crippen molar-refractivity contribution in [3.63, 3.8) is 0 Å². The third-order valence-electron chi connectivity index (χ3n) is 2.98. The fourth-order valence-corrected chi connectivity index (χ4v) is 1.90. The Bertz CT molecular complexity index is 724. The molecule has 0 saturated heterocycles. The second-order valence-corrected chi connectivity index (χ2v) is 4.66. The molecule has 0 amide bonds. The molecule has 130 valence electrons. The van der Waals surface area contributed by atoms with Crippen molar-refractivity contribution < 1.29 is 39.5 Å². The second-order valence-electron chi connectivity index (χ2n) is 4.66. The van der Waals surface area contributed by atoms with Crippen molar-refractivity contribution in [1.82, 2.24) is 4.98 Å². The zero-order chi connectivity index (χ0) is 18.3. The monoisotopic (exact) mass is 359 g/mol. The van der Waals surface area contributed by atoms with Crippen molar-refractivity contribution in [2.75, 3.05) is 0 Å². The minimum atomic E-state index is -5.21. The van der Waals surface area contributed by atoms with Crippen LogP contribution in [0.3, 0.4) is 0 Å². The number of hydrogen-bond donors (Lipinski definition) is 0. The summed E-state index contributed by atoms with van der Waals surface area (Å²) in [4.78, 5) is 2.59. The molecule has 0 bridgehead atoms. The normalized spacial score (nSPS) is 13.2. The third kappa shape index (κ3) is 3.80. The summed E-state index contributed by atoms with van der Waals surface area (Å²) < 4.78 is 114. The predicted molar refractivity (Wildman–Crippen MR) is 64.7 cm³/mol. The van der Waals surface area contributed by atoms with Gasteiger partial charge in [0.2, 0.25) is 0 Å². The first-order valence-corrected chi connectivity index (χ1v) is 6.13. The highest BCUT2D eigenvalue weighted by molar-refractivity contribution is 5.67. The molecule has 1 aromatic heterocycles. The highest BCUT2D eigenvalue weighted by Gasteiger charge is 2.40. The molecule has 0 N–H and O–H groups in total. The van der Waals surface area contributed by atoms with Gasteiger partial charge in [-0.05, 0) is 23.8 Å². The van der Waals surface area contributed by atoms with Gasteiger partial charge in [0, 0.05) is 5.56 Å². The van der Waals surface area contributed by atoms with Crippen molar-refractivity contribution in [3.8, 4) is 11.1 Å². The lowest BCUT2D eigenvalue weighted by molar-refractivity contribution is -0.149. The zero-order valence-electron chi connectivity index (χ0n) is 11.3. The van der Waals surface area contributed by atoms with Crippen LogP contribution < -0.4 is 0 Å². The first-order chi connectivity index (χ1) is 10.8. The molecule has 2 aromatic rings. The van der Waals surface area contributed by atoms with E-state index in [1.807, 2.05) is 0 Å². The van der Waals surface area contributed by atoms with E-state index in [1.165, 1.54) is 0 Å². The molecule has 0 aliphatic rings. The molecule has 10 heteroatoms. The van der Waals surface area contributed by atoms with E-state index in [2.05, 4.69) is 4.98 Å². The van der Waals surface area contributed by atoms with Gasteiger partial charge in [-0.15, -0.1) is 0 Å². The average molecular weight is 359 g/mol. The van der Waals surface area contributed by atoms with Gasteiger partial charge in [0.05, 0.1) is 5.56 Å². The lowest BCUT2D eigenvalue weighted by Crippen LogP contribution is -2.16. The van der Waals surface area contributed by atoms with Crippen LogP contribution in [0.2, 0.25) is 0 Å². The Morgan fingerprint density at radius 1 is 0.583 bits per heavy atom. The van der Waals surface area contributed by atoms with E-state index in [0.29, 0.717) is 24.3 Å². The largest absolute Gasteiger partial charge is 0.433 e. The molecule has 1 aromatic carbocycles. The highest BCUT2D eigenvalue weighted by atomic mass is 19.4. The summed E-state index contributed by atoms with van der Waals surface area (Å²) >= 11 is 0. The van der Waals surface area contributed by atoms with Crippen molar-refractivity contribution in [2.45, 2.75) is 18.5 Å². The Morgan fingerprint density at radius 3 is 1.54 bits per heavy atom. The van der Waals surface area contributed by atoms with Crippen molar-refractivity contribution in [1.29, 1.82) is 0 Å². The van der Waals surface area contributed by atoms with Crippen LogP contribution in [-0.4, -0.2) is 4.98 Å². The van der Waals surface area contributed by atoms with Crippen LogP contribution in [0, 0.1) is 0 Å². The Morgan fingerprint density at radius 2 is 1.12 bits per heavy atom. The molecule has 0 aliphatic carbocycles. The smallest absolute Gasteiger partial charge is 0.238 e. The maximum Gasteiger partial charge on any atom is 0.433 e. The molecule has 1 heterocycles. The number of hydrogen-bond acceptors (Lipinski definition) is 1. The zero-order valence-corrected chi connectivity index (χ0v) is 11.3. The van der Waals surface area contributed by atoms with Crippen molar-refractivity contribution >= 4 is 0 Å². The Labute approximate surface area is 128 Å². The molecule has 1 nitrogen and oxygen atoms in total. The van der Waals surface area contributed by atoms with Crippen LogP contribution in [0.5, 0.6) is 0 Å². The molecule has 0 unspecified atom stereocenters. The van der Waals surface area contributed by atoms with Crippen LogP contribution in [0.1, 0.15) is 17.0 Å². The van der Waals surface area contributed by atoms with E-state index in [9.17, 15) is 39.5 Å². The number of aromatic nitrogens is 1. The summed E-state index contributed by atoms with van der Waals surface area (Å²) in [6, 6.07) is 3.41. The number of pyridine rings is 1. The SMILES string of the molecule is FC(F)(F)c1ccc(-c2ccc(C(F)(F)F)nc2C(F)(F)F)cc1. The number of rotatable bonds is 1. The number of benzene rings is 1. The lowest BCUT2D eigenvalue weighted by Gasteiger charge is -2.15. The number of halogens is 9. The van der Waals surface area contributed by atoms with Crippen LogP contribution in [-0.2, 0) is 18.5 Å². The Kier molecular flexibility index (Phi) is 4.28. The van der Waals surface area contributed by atoms with E-state index < -0.39 is 41.0 Å². The molecule has 0 saturated carbocycles. The standard InChI is InChI=1S/C14H6F9N/c15-12(16,17)8-3-1-7(2-4-8)9-5-6-10(13(18,19)20)24-11(9)14(21,22)23/h1-6H. The van der Waals surface area contributed by atoms with E-state index >= 15 is 0 Å². The van der Waals surface area contributed by atoms with Crippen molar-refractivity contribution in [3.05, 3.63) is 53.3 Å². The van der Waals surface area contributed by atoms with E-state index in [4.69, 9.17) is 0 Å². The summed E-state index contributed by atoms with van der Waals surface area (Å²) in [5.74, 6) is 0. The Hall–Kier alpha value is -2.26. The fourth-order valence-electron chi connectivity index (χ4n) is 1.90. The van der Waals surface area contributed by atoms with Crippen LogP contribution >= 0.6 is 0 Å². The van der Waals surface area contributed by atoms with E-state index in [1.54, 1.807) is 0 Å². The number of nitrogens with zero attached hydrogens (tertiary/aromatic N) is 1. The molecule has 24 heavy (non-hydrogen) atoms. The first kappa shape index (κ1) is 18.1. The summed E-state index contributed by atoms with van der Waals surface area (Å²) in [5, 5.41) is 0. The lowest BCUT2D eigenvalue weighted by atomic mass is 10.0. The molecule has 0 radical (unpaired) electrons. The summed E-state index contributed by atoms with van der Waals surface area (Å²) in [5.41, 5.74) is -5.75.